The number of likely N-dealkylation sites (tertiary alicyclic amines) is 1. The van der Waals surface area contributed by atoms with Gasteiger partial charge in [0.2, 0.25) is 0 Å². The first-order valence-electron chi connectivity index (χ1n) is 13.7. The Bertz CT molecular complexity index is 934. The van der Waals surface area contributed by atoms with Crippen molar-refractivity contribution in [3.8, 4) is 0 Å². The highest BCUT2D eigenvalue weighted by atomic mass is 16.5. The Labute approximate surface area is 193 Å². The fraction of sp³-hybridized carbons (Fsp3) is 0.929. The van der Waals surface area contributed by atoms with Gasteiger partial charge in [-0.25, -0.2) is 0 Å². The number of nitrogens with zero attached hydrogens (tertiary/aromatic N) is 1. The number of ether oxygens (including phenoxy) is 1. The van der Waals surface area contributed by atoms with E-state index in [0.717, 1.165) is 43.4 Å². The van der Waals surface area contributed by atoms with Gasteiger partial charge in [-0.2, -0.15) is 0 Å². The summed E-state index contributed by atoms with van der Waals surface area (Å²) in [6.07, 6.45) is 14.7. The number of fused-ring (bicyclic) bond motifs is 6. The minimum Gasteiger partial charge on any atom is -0.393 e. The van der Waals surface area contributed by atoms with E-state index in [9.17, 15) is 5.11 Å². The first-order valence-corrected chi connectivity index (χ1v) is 13.7. The van der Waals surface area contributed by atoms with Gasteiger partial charge in [-0.3, -0.25) is 0 Å². The maximum absolute atomic E-state index is 10.4. The molecule has 0 aromatic carbocycles. The van der Waals surface area contributed by atoms with Crippen LogP contribution in [-0.2, 0) is 4.74 Å². The molecule has 3 N–H and O–H groups in total. The number of aliphatic hydroxyl groups excluding tert-OH is 1. The first-order chi connectivity index (χ1) is 15.2. The van der Waals surface area contributed by atoms with Crippen molar-refractivity contribution in [2.24, 2.45) is 45.7 Å². The molecule has 2 saturated heterocycles. The van der Waals surface area contributed by atoms with Crippen molar-refractivity contribution in [3.05, 3.63) is 11.6 Å². The molecule has 0 bridgehead atoms. The Morgan fingerprint density at radius 1 is 1.16 bits per heavy atom. The van der Waals surface area contributed by atoms with Crippen molar-refractivity contribution in [1.29, 1.82) is 0 Å². The lowest BCUT2D eigenvalue weighted by Crippen LogP contribution is -2.64. The van der Waals surface area contributed by atoms with E-state index < -0.39 is 0 Å². The van der Waals surface area contributed by atoms with Crippen LogP contribution in [0.4, 0.5) is 0 Å². The van der Waals surface area contributed by atoms with Gasteiger partial charge < -0.3 is 20.5 Å². The lowest BCUT2D eigenvalue weighted by molar-refractivity contribution is -0.211. The van der Waals surface area contributed by atoms with Crippen LogP contribution in [0.25, 0.3) is 0 Å². The van der Waals surface area contributed by atoms with Crippen molar-refractivity contribution < 1.29 is 9.84 Å². The van der Waals surface area contributed by atoms with E-state index in [1.165, 1.54) is 50.6 Å². The zero-order chi connectivity index (χ0) is 21.9. The van der Waals surface area contributed by atoms with Crippen molar-refractivity contribution >= 4 is 0 Å². The lowest BCUT2D eigenvalue weighted by atomic mass is 9.47. The van der Waals surface area contributed by atoms with Gasteiger partial charge in [-0.1, -0.05) is 25.5 Å². The second-order valence-corrected chi connectivity index (χ2v) is 14.2. The number of hydrogen-bond donors (Lipinski definition) is 2. The van der Waals surface area contributed by atoms with E-state index in [2.05, 4.69) is 31.9 Å². The molecule has 176 valence electrons. The molecule has 12 atom stereocenters. The van der Waals surface area contributed by atoms with Gasteiger partial charge in [0.15, 0.2) is 0 Å². The number of hydrogen-bond acceptors (Lipinski definition) is 4. The monoisotopic (exact) mass is 438 g/mol. The maximum Gasteiger partial charge on any atom is 0.0793 e. The van der Waals surface area contributed by atoms with Crippen LogP contribution < -0.4 is 5.73 Å². The highest BCUT2D eigenvalue weighted by Crippen LogP contribution is 2.93. The molecular weight excluding hydrogens is 396 g/mol. The molecule has 32 heavy (non-hydrogen) atoms. The summed E-state index contributed by atoms with van der Waals surface area (Å²) in [7, 11) is 2.36. The van der Waals surface area contributed by atoms with Crippen molar-refractivity contribution in [2.45, 2.75) is 107 Å². The van der Waals surface area contributed by atoms with Crippen LogP contribution in [0.1, 0.15) is 78.1 Å². The third-order valence-electron chi connectivity index (χ3n) is 13.4. The molecule has 7 fully saturated rings. The number of aliphatic hydroxyl groups is 1. The van der Waals surface area contributed by atoms with Gasteiger partial charge in [0.05, 0.1) is 17.8 Å². The van der Waals surface area contributed by atoms with E-state index in [1.807, 2.05) is 0 Å². The summed E-state index contributed by atoms with van der Waals surface area (Å²) in [5.41, 5.74) is 10.2. The number of nitrogens with two attached hydrogens (primary N) is 1. The van der Waals surface area contributed by atoms with Crippen LogP contribution in [0.15, 0.2) is 11.6 Å². The molecule has 4 nitrogen and oxygen atoms in total. The van der Waals surface area contributed by atoms with Crippen LogP contribution in [-0.4, -0.2) is 53.0 Å². The SMILES string of the molecule is C[C@H]1C[C@H]2O[C@@]34CC[C@H]5[C@@H]6CC=C7C[C@@H](O)CC[C@]7(C)[C@@]6(N)CC56CC63C[C@@H]4[C@@H]2N(C)C1. The number of allylic oxidation sites excluding steroid dienone is 1. The summed E-state index contributed by atoms with van der Waals surface area (Å²) in [6.45, 7) is 6.12. The molecule has 2 heterocycles. The summed E-state index contributed by atoms with van der Waals surface area (Å²) in [4.78, 5) is 2.66. The molecule has 0 aromatic heterocycles. The number of likely N-dealkylation sites (N-methyl/N-ethyl adjacent to an activating group) is 1. The Hall–Kier alpha value is -0.420. The third-order valence-corrected chi connectivity index (χ3v) is 13.4. The molecule has 0 radical (unpaired) electrons. The van der Waals surface area contributed by atoms with Crippen LogP contribution in [0.5, 0.6) is 0 Å². The molecule has 6 aliphatic carbocycles. The minimum absolute atomic E-state index is 0.0846. The Kier molecular flexibility index (Phi) is 3.43. The second kappa shape index (κ2) is 5.53. The van der Waals surface area contributed by atoms with Gasteiger partial charge in [0.1, 0.15) is 0 Å². The number of rotatable bonds is 0. The van der Waals surface area contributed by atoms with Crippen molar-refractivity contribution in [3.63, 3.8) is 0 Å². The third kappa shape index (κ3) is 1.81. The fourth-order valence-electron chi connectivity index (χ4n) is 12.2. The molecule has 2 unspecified atom stereocenters. The molecule has 5 saturated carbocycles. The van der Waals surface area contributed by atoms with Gasteiger partial charge in [-0.15, -0.1) is 0 Å². The second-order valence-electron chi connectivity index (χ2n) is 14.2. The lowest BCUT2D eigenvalue weighted by Gasteiger charge is -2.60. The topological polar surface area (TPSA) is 58.7 Å². The van der Waals surface area contributed by atoms with Gasteiger partial charge in [0, 0.05) is 34.9 Å². The smallest absolute Gasteiger partial charge is 0.0793 e. The molecule has 8 rings (SSSR count). The molecule has 0 aromatic rings. The predicted octanol–water partition coefficient (Wildman–Crippen LogP) is 3.87. The average molecular weight is 439 g/mol. The van der Waals surface area contributed by atoms with E-state index in [0.29, 0.717) is 28.9 Å². The largest absolute Gasteiger partial charge is 0.393 e. The summed E-state index contributed by atoms with van der Waals surface area (Å²) in [6, 6.07) is 0.659. The van der Waals surface area contributed by atoms with E-state index >= 15 is 0 Å². The molecule has 4 heteroatoms. The standard InChI is InChI=1S/C28H42N2O2/c1-16-10-22-23(30(3)13-16)21-12-26-14-25(26)15-27(29)20(19(25)7-9-28(21,26)32-22)5-4-17-11-18(31)6-8-24(17,27)2/h4,16,18-23,31H,5-15,29H2,1-3H3/t16-,18-,19-,20-,21+,22+,23-,24-,25?,26?,27+,28+/m0/s1. The van der Waals surface area contributed by atoms with Gasteiger partial charge >= 0.3 is 0 Å². The maximum atomic E-state index is 10.4. The predicted molar refractivity (Wildman–Crippen MR) is 124 cm³/mol. The quantitative estimate of drug-likeness (QED) is 0.564. The van der Waals surface area contributed by atoms with Gasteiger partial charge in [-0.05, 0) is 94.4 Å². The Morgan fingerprint density at radius 3 is 2.84 bits per heavy atom. The summed E-state index contributed by atoms with van der Waals surface area (Å²) in [5, 5.41) is 10.4. The Balaban J connectivity index is 1.16. The van der Waals surface area contributed by atoms with Gasteiger partial charge in [0.25, 0.3) is 0 Å². The van der Waals surface area contributed by atoms with Crippen LogP contribution in [0.2, 0.25) is 0 Å². The molecule has 0 amide bonds. The summed E-state index contributed by atoms with van der Waals surface area (Å²) >= 11 is 0. The highest BCUT2D eigenvalue weighted by molar-refractivity contribution is 5.45. The molecule has 8 aliphatic rings. The summed E-state index contributed by atoms with van der Waals surface area (Å²) in [5.74, 6) is 2.94. The van der Waals surface area contributed by atoms with Crippen molar-refractivity contribution in [1.82, 2.24) is 4.90 Å². The van der Waals surface area contributed by atoms with Crippen LogP contribution >= 0.6 is 0 Å². The molecular formula is C28H42N2O2. The first kappa shape index (κ1) is 19.8. The van der Waals surface area contributed by atoms with Crippen LogP contribution in [0.3, 0.4) is 0 Å². The van der Waals surface area contributed by atoms with E-state index in [1.54, 1.807) is 0 Å². The zero-order valence-electron chi connectivity index (χ0n) is 20.3. The normalized spacial score (nSPS) is 66.4. The van der Waals surface area contributed by atoms with E-state index in [4.69, 9.17) is 10.5 Å². The average Bonchev–Trinajstić information content (AvgIpc) is 3.23. The fourth-order valence-corrected chi connectivity index (χ4v) is 12.2. The number of piperidine rings is 1. The highest BCUT2D eigenvalue weighted by Gasteiger charge is 2.93. The molecule has 2 aliphatic heterocycles. The van der Waals surface area contributed by atoms with E-state index in [-0.39, 0.29) is 22.7 Å². The Morgan fingerprint density at radius 2 is 2.00 bits per heavy atom. The molecule has 3 spiro atoms. The minimum atomic E-state index is -0.158. The van der Waals surface area contributed by atoms with Crippen LogP contribution in [0, 0.1) is 39.9 Å². The zero-order valence-corrected chi connectivity index (χ0v) is 20.3. The van der Waals surface area contributed by atoms with Crippen molar-refractivity contribution in [2.75, 3.05) is 13.6 Å². The summed E-state index contributed by atoms with van der Waals surface area (Å²) < 4.78 is 7.25.